The van der Waals surface area contributed by atoms with Crippen molar-refractivity contribution in [2.24, 2.45) is 0 Å². The number of likely N-dealkylation sites (tertiary alicyclic amines) is 1. The second kappa shape index (κ2) is 5.63. The molecule has 1 heterocycles. The number of carbonyl (C=O) groups excluding carboxylic acids is 2. The largest absolute Gasteiger partial charge is 0.388 e. The lowest BCUT2D eigenvalue weighted by molar-refractivity contribution is -0.000636. The fraction of sp³-hybridized carbons (Fsp3) is 0.467. The molecule has 1 aliphatic heterocycles. The number of anilines is 1. The zero-order valence-electron chi connectivity index (χ0n) is 11.8. The Morgan fingerprint density at radius 3 is 2.50 bits per heavy atom. The van der Waals surface area contributed by atoms with Gasteiger partial charge in [-0.05, 0) is 51.0 Å². The number of rotatable bonds is 2. The Morgan fingerprint density at radius 2 is 1.95 bits per heavy atom. The van der Waals surface area contributed by atoms with E-state index in [9.17, 15) is 14.7 Å². The Balaban J connectivity index is 1.99. The summed E-state index contributed by atoms with van der Waals surface area (Å²) in [4.78, 5) is 24.9. The molecule has 0 bridgehead atoms. The van der Waals surface area contributed by atoms with E-state index in [1.165, 1.54) is 6.92 Å². The van der Waals surface area contributed by atoms with E-state index >= 15 is 0 Å². The van der Waals surface area contributed by atoms with Crippen LogP contribution >= 0.6 is 0 Å². The lowest BCUT2D eigenvalue weighted by Crippen LogP contribution is -2.49. The van der Waals surface area contributed by atoms with Crippen molar-refractivity contribution in [1.29, 1.82) is 0 Å². The minimum absolute atomic E-state index is 0.00467. The molecule has 5 heteroatoms. The maximum atomic E-state index is 12.1. The van der Waals surface area contributed by atoms with Gasteiger partial charge in [-0.1, -0.05) is 0 Å². The number of nitrogens with one attached hydrogen (secondary N) is 1. The lowest BCUT2D eigenvalue weighted by atomic mass is 9.95. The van der Waals surface area contributed by atoms with Crippen molar-refractivity contribution < 1.29 is 14.7 Å². The summed E-state index contributed by atoms with van der Waals surface area (Å²) in [5, 5.41) is 12.8. The van der Waals surface area contributed by atoms with E-state index in [1.54, 1.807) is 36.1 Å². The Labute approximate surface area is 118 Å². The first-order valence-electron chi connectivity index (χ1n) is 6.77. The molecule has 1 fully saturated rings. The second-order valence-electron chi connectivity index (χ2n) is 5.59. The molecule has 2 N–H and O–H groups in total. The SMILES string of the molecule is CC(=O)c1ccc(NC(=O)N2CCCC(C)(O)C2)cc1. The summed E-state index contributed by atoms with van der Waals surface area (Å²) in [6, 6.07) is 6.56. The van der Waals surface area contributed by atoms with Gasteiger partial charge in [0.1, 0.15) is 0 Å². The number of nitrogens with zero attached hydrogens (tertiary/aromatic N) is 1. The Hall–Kier alpha value is -1.88. The van der Waals surface area contributed by atoms with Gasteiger partial charge in [-0.3, -0.25) is 4.79 Å². The number of urea groups is 1. The third-order valence-corrected chi connectivity index (χ3v) is 3.50. The molecule has 0 aromatic heterocycles. The van der Waals surface area contributed by atoms with E-state index in [0.717, 1.165) is 6.42 Å². The number of aliphatic hydroxyl groups is 1. The summed E-state index contributed by atoms with van der Waals surface area (Å²) >= 11 is 0. The zero-order chi connectivity index (χ0) is 14.8. The van der Waals surface area contributed by atoms with Crippen LogP contribution in [-0.4, -0.2) is 40.5 Å². The smallest absolute Gasteiger partial charge is 0.321 e. The molecule has 2 amide bonds. The molecule has 2 rings (SSSR count). The molecule has 20 heavy (non-hydrogen) atoms. The van der Waals surface area contributed by atoms with E-state index in [4.69, 9.17) is 0 Å². The van der Waals surface area contributed by atoms with Crippen LogP contribution in [0, 0.1) is 0 Å². The number of β-amino-alcohol motifs (C(OH)–C–C–N with tert-alkyl or cyclic N) is 1. The quantitative estimate of drug-likeness (QED) is 0.814. The molecule has 1 aromatic carbocycles. The van der Waals surface area contributed by atoms with Gasteiger partial charge in [-0.2, -0.15) is 0 Å². The lowest BCUT2D eigenvalue weighted by Gasteiger charge is -2.36. The highest BCUT2D eigenvalue weighted by Gasteiger charge is 2.30. The van der Waals surface area contributed by atoms with Gasteiger partial charge in [-0.15, -0.1) is 0 Å². The van der Waals surface area contributed by atoms with Crippen LogP contribution in [0.2, 0.25) is 0 Å². The van der Waals surface area contributed by atoms with Crippen LogP contribution in [0.3, 0.4) is 0 Å². The first-order valence-corrected chi connectivity index (χ1v) is 6.77. The first kappa shape index (κ1) is 14.5. The normalized spacial score (nSPS) is 22.4. The number of amides is 2. The van der Waals surface area contributed by atoms with Crippen LogP contribution in [0.5, 0.6) is 0 Å². The fourth-order valence-electron chi connectivity index (χ4n) is 2.38. The van der Waals surface area contributed by atoms with Gasteiger partial charge in [0.2, 0.25) is 0 Å². The average Bonchev–Trinajstić information content (AvgIpc) is 2.38. The Bertz CT molecular complexity index is 508. The van der Waals surface area contributed by atoms with Crippen LogP contribution < -0.4 is 5.32 Å². The predicted octanol–water partition coefficient (Wildman–Crippen LogP) is 2.27. The number of hydrogen-bond donors (Lipinski definition) is 2. The standard InChI is InChI=1S/C15H20N2O3/c1-11(18)12-4-6-13(7-5-12)16-14(19)17-9-3-8-15(2,20)10-17/h4-7,20H,3,8-10H2,1-2H3,(H,16,19). The molecule has 0 spiro atoms. The topological polar surface area (TPSA) is 69.6 Å². The van der Waals surface area contributed by atoms with Gasteiger partial charge in [0.05, 0.1) is 12.1 Å². The van der Waals surface area contributed by atoms with Crippen molar-refractivity contribution in [3.63, 3.8) is 0 Å². The number of benzene rings is 1. The molecule has 0 aliphatic carbocycles. The molecule has 1 saturated heterocycles. The van der Waals surface area contributed by atoms with E-state index in [0.29, 0.717) is 30.8 Å². The molecule has 1 aromatic rings. The molecular formula is C15H20N2O3. The monoisotopic (exact) mass is 276 g/mol. The van der Waals surface area contributed by atoms with Gasteiger partial charge < -0.3 is 15.3 Å². The zero-order valence-corrected chi connectivity index (χ0v) is 11.8. The predicted molar refractivity (Wildman–Crippen MR) is 76.9 cm³/mol. The summed E-state index contributed by atoms with van der Waals surface area (Å²) in [5.74, 6) is -0.00467. The number of carbonyl (C=O) groups is 2. The highest BCUT2D eigenvalue weighted by atomic mass is 16.3. The third kappa shape index (κ3) is 3.57. The minimum Gasteiger partial charge on any atom is -0.388 e. The molecule has 1 atom stereocenters. The summed E-state index contributed by atoms with van der Waals surface area (Å²) in [6.07, 6.45) is 1.51. The second-order valence-corrected chi connectivity index (χ2v) is 5.59. The van der Waals surface area contributed by atoms with Gasteiger partial charge >= 0.3 is 6.03 Å². The van der Waals surface area contributed by atoms with E-state index in [-0.39, 0.29) is 11.8 Å². The number of Topliss-reactive ketones (excluding diaryl/α,β-unsaturated/α-hetero) is 1. The van der Waals surface area contributed by atoms with E-state index < -0.39 is 5.60 Å². The summed E-state index contributed by atoms with van der Waals surface area (Å²) in [6.45, 7) is 4.23. The van der Waals surface area contributed by atoms with Crippen molar-refractivity contribution in [3.8, 4) is 0 Å². The third-order valence-electron chi connectivity index (χ3n) is 3.50. The maximum Gasteiger partial charge on any atom is 0.321 e. The fourth-order valence-corrected chi connectivity index (χ4v) is 2.38. The first-order chi connectivity index (χ1) is 9.37. The highest BCUT2D eigenvalue weighted by molar-refractivity contribution is 5.95. The van der Waals surface area contributed by atoms with Crippen molar-refractivity contribution in [2.45, 2.75) is 32.3 Å². The van der Waals surface area contributed by atoms with Gasteiger partial charge in [0.25, 0.3) is 0 Å². The van der Waals surface area contributed by atoms with Gasteiger partial charge in [0.15, 0.2) is 5.78 Å². The maximum absolute atomic E-state index is 12.1. The van der Waals surface area contributed by atoms with E-state index in [1.807, 2.05) is 0 Å². The summed E-state index contributed by atoms with van der Waals surface area (Å²) in [7, 11) is 0. The van der Waals surface area contributed by atoms with Crippen molar-refractivity contribution in [1.82, 2.24) is 4.90 Å². The van der Waals surface area contributed by atoms with E-state index in [2.05, 4.69) is 5.32 Å². The number of piperidine rings is 1. The highest BCUT2D eigenvalue weighted by Crippen LogP contribution is 2.21. The molecule has 108 valence electrons. The summed E-state index contributed by atoms with van der Waals surface area (Å²) < 4.78 is 0. The van der Waals surface area contributed by atoms with Crippen molar-refractivity contribution in [2.75, 3.05) is 18.4 Å². The molecule has 5 nitrogen and oxygen atoms in total. The molecule has 1 unspecified atom stereocenters. The average molecular weight is 276 g/mol. The van der Waals surface area contributed by atoms with Crippen LogP contribution in [0.15, 0.2) is 24.3 Å². The molecule has 0 saturated carbocycles. The van der Waals surface area contributed by atoms with Crippen molar-refractivity contribution >= 4 is 17.5 Å². The van der Waals surface area contributed by atoms with Gasteiger partial charge in [-0.25, -0.2) is 4.79 Å². The number of hydrogen-bond acceptors (Lipinski definition) is 3. The van der Waals surface area contributed by atoms with Crippen LogP contribution in [0.25, 0.3) is 0 Å². The Kier molecular flexibility index (Phi) is 4.09. The summed E-state index contributed by atoms with van der Waals surface area (Å²) in [5.41, 5.74) is 0.447. The van der Waals surface area contributed by atoms with Gasteiger partial charge in [0, 0.05) is 17.8 Å². The Morgan fingerprint density at radius 1 is 1.30 bits per heavy atom. The minimum atomic E-state index is -0.811. The molecular weight excluding hydrogens is 256 g/mol. The van der Waals surface area contributed by atoms with Crippen LogP contribution in [0.4, 0.5) is 10.5 Å². The number of ketones is 1. The van der Waals surface area contributed by atoms with Crippen molar-refractivity contribution in [3.05, 3.63) is 29.8 Å². The van der Waals surface area contributed by atoms with Crippen LogP contribution in [-0.2, 0) is 0 Å². The molecule has 1 aliphatic rings. The van der Waals surface area contributed by atoms with Crippen LogP contribution in [0.1, 0.15) is 37.0 Å². The molecule has 0 radical (unpaired) electrons.